The van der Waals surface area contributed by atoms with Gasteiger partial charge in [0.25, 0.3) is 0 Å². The summed E-state index contributed by atoms with van der Waals surface area (Å²) in [6, 6.07) is 8.20. The van der Waals surface area contributed by atoms with Crippen LogP contribution in [0.2, 0.25) is 0 Å². The molecule has 0 saturated carbocycles. The molecule has 100 valence electrons. The highest BCUT2D eigenvalue weighted by atomic mass is 16.2. The molecule has 0 bridgehead atoms. The number of likely N-dealkylation sites (N-methyl/N-ethyl adjacent to an activating group) is 1. The Labute approximate surface area is 112 Å². The van der Waals surface area contributed by atoms with Crippen molar-refractivity contribution in [2.24, 2.45) is 0 Å². The Balaban J connectivity index is 1.62. The fraction of sp³-hybridized carbons (Fsp3) is 0.467. The highest BCUT2D eigenvalue weighted by Crippen LogP contribution is 2.23. The smallest absolute Gasteiger partial charge is 0.243 e. The molecule has 0 spiro atoms. The summed E-state index contributed by atoms with van der Waals surface area (Å²) in [6.07, 6.45) is 2.92. The molecule has 1 atom stereocenters. The van der Waals surface area contributed by atoms with Crippen LogP contribution in [0.15, 0.2) is 24.3 Å². The molecule has 0 aromatic heterocycles. The molecule has 2 amide bonds. The van der Waals surface area contributed by atoms with Crippen LogP contribution < -0.4 is 5.32 Å². The Bertz CT molecular complexity index is 502. The number of nitrogens with one attached hydrogen (secondary N) is 1. The average molecular weight is 258 g/mol. The Morgan fingerprint density at radius 3 is 2.42 bits per heavy atom. The van der Waals surface area contributed by atoms with Crippen LogP contribution in [0.3, 0.4) is 0 Å². The molecule has 1 unspecified atom stereocenters. The van der Waals surface area contributed by atoms with Gasteiger partial charge in [-0.25, -0.2) is 0 Å². The number of rotatable bonds is 2. The van der Waals surface area contributed by atoms with Crippen molar-refractivity contribution >= 4 is 11.8 Å². The van der Waals surface area contributed by atoms with E-state index < -0.39 is 0 Å². The van der Waals surface area contributed by atoms with Gasteiger partial charge in [0.05, 0.1) is 0 Å². The molecule has 1 saturated heterocycles. The SMILES string of the molecule is CN1C(=O)CCC1C(=O)NC1Cc2ccccc2C1. The molecule has 1 N–H and O–H groups in total. The molecule has 3 rings (SSSR count). The summed E-state index contributed by atoms with van der Waals surface area (Å²) >= 11 is 0. The largest absolute Gasteiger partial charge is 0.351 e. The van der Waals surface area contributed by atoms with Crippen LogP contribution in [0.25, 0.3) is 0 Å². The second kappa shape index (κ2) is 4.68. The van der Waals surface area contributed by atoms with Crippen LogP contribution >= 0.6 is 0 Å². The van der Waals surface area contributed by atoms with Gasteiger partial charge in [-0.15, -0.1) is 0 Å². The first-order valence-corrected chi connectivity index (χ1v) is 6.78. The summed E-state index contributed by atoms with van der Waals surface area (Å²) in [5.74, 6) is 0.0565. The molecule has 19 heavy (non-hydrogen) atoms. The van der Waals surface area contributed by atoms with Gasteiger partial charge in [0.2, 0.25) is 11.8 Å². The molecule has 2 aliphatic rings. The Hall–Kier alpha value is -1.84. The number of hydrogen-bond acceptors (Lipinski definition) is 2. The zero-order valence-electron chi connectivity index (χ0n) is 11.1. The third kappa shape index (κ3) is 2.23. The van der Waals surface area contributed by atoms with Crippen molar-refractivity contribution in [3.8, 4) is 0 Å². The van der Waals surface area contributed by atoms with Crippen LogP contribution in [0.5, 0.6) is 0 Å². The van der Waals surface area contributed by atoms with E-state index in [-0.39, 0.29) is 23.9 Å². The summed E-state index contributed by atoms with van der Waals surface area (Å²) in [7, 11) is 1.71. The summed E-state index contributed by atoms with van der Waals surface area (Å²) in [6.45, 7) is 0. The van der Waals surface area contributed by atoms with Crippen molar-refractivity contribution in [2.75, 3.05) is 7.05 Å². The van der Waals surface area contributed by atoms with Crippen molar-refractivity contribution in [1.82, 2.24) is 10.2 Å². The summed E-state index contributed by atoms with van der Waals surface area (Å²) in [5.41, 5.74) is 2.65. The normalized spacial score (nSPS) is 22.7. The van der Waals surface area contributed by atoms with Crippen molar-refractivity contribution in [1.29, 1.82) is 0 Å². The lowest BCUT2D eigenvalue weighted by atomic mass is 10.1. The van der Waals surface area contributed by atoms with E-state index in [2.05, 4.69) is 17.4 Å². The number of amides is 2. The molecule has 1 aromatic carbocycles. The number of hydrogen-bond donors (Lipinski definition) is 1. The first-order valence-electron chi connectivity index (χ1n) is 6.78. The van der Waals surface area contributed by atoms with Crippen molar-refractivity contribution in [2.45, 2.75) is 37.8 Å². The second-order valence-electron chi connectivity index (χ2n) is 5.44. The molecule has 1 aliphatic carbocycles. The Kier molecular flexibility index (Phi) is 3.01. The van der Waals surface area contributed by atoms with E-state index in [1.807, 2.05) is 12.1 Å². The number of carbonyl (C=O) groups is 2. The number of carbonyl (C=O) groups excluding carboxylic acids is 2. The van der Waals surface area contributed by atoms with Gasteiger partial charge in [0, 0.05) is 19.5 Å². The van der Waals surface area contributed by atoms with Gasteiger partial charge in [-0.1, -0.05) is 24.3 Å². The Morgan fingerprint density at radius 2 is 1.89 bits per heavy atom. The van der Waals surface area contributed by atoms with Crippen molar-refractivity contribution in [3.05, 3.63) is 35.4 Å². The van der Waals surface area contributed by atoms with Gasteiger partial charge >= 0.3 is 0 Å². The zero-order chi connectivity index (χ0) is 13.4. The highest BCUT2D eigenvalue weighted by molar-refractivity contribution is 5.90. The van der Waals surface area contributed by atoms with E-state index in [9.17, 15) is 9.59 Å². The minimum absolute atomic E-state index is 0.00819. The van der Waals surface area contributed by atoms with E-state index in [0.29, 0.717) is 12.8 Å². The van der Waals surface area contributed by atoms with E-state index in [1.54, 1.807) is 11.9 Å². The van der Waals surface area contributed by atoms with Gasteiger partial charge in [0.15, 0.2) is 0 Å². The Morgan fingerprint density at radius 1 is 1.26 bits per heavy atom. The molecule has 0 radical (unpaired) electrons. The maximum atomic E-state index is 12.2. The standard InChI is InChI=1S/C15H18N2O2/c1-17-13(6-7-14(17)18)15(19)16-12-8-10-4-2-3-5-11(10)9-12/h2-5,12-13H,6-9H2,1H3,(H,16,19). The zero-order valence-corrected chi connectivity index (χ0v) is 11.1. The molecular formula is C15H18N2O2. The van der Waals surface area contributed by atoms with Crippen LogP contribution in [0.4, 0.5) is 0 Å². The number of likely N-dealkylation sites (tertiary alicyclic amines) is 1. The lowest BCUT2D eigenvalue weighted by molar-refractivity contribution is -0.134. The van der Waals surface area contributed by atoms with Gasteiger partial charge in [-0.2, -0.15) is 0 Å². The monoisotopic (exact) mass is 258 g/mol. The first-order chi connectivity index (χ1) is 9.15. The van der Waals surface area contributed by atoms with E-state index in [0.717, 1.165) is 12.8 Å². The van der Waals surface area contributed by atoms with Crippen LogP contribution in [0, 0.1) is 0 Å². The van der Waals surface area contributed by atoms with Crippen LogP contribution in [-0.4, -0.2) is 35.8 Å². The number of nitrogens with zero attached hydrogens (tertiary/aromatic N) is 1. The third-order valence-electron chi connectivity index (χ3n) is 4.19. The predicted octanol–water partition coefficient (Wildman–Crippen LogP) is 0.891. The van der Waals surface area contributed by atoms with Gasteiger partial charge in [-0.3, -0.25) is 9.59 Å². The van der Waals surface area contributed by atoms with Crippen LogP contribution in [0.1, 0.15) is 24.0 Å². The molecule has 1 aliphatic heterocycles. The van der Waals surface area contributed by atoms with E-state index in [4.69, 9.17) is 0 Å². The van der Waals surface area contributed by atoms with Crippen molar-refractivity contribution < 1.29 is 9.59 Å². The van der Waals surface area contributed by atoms with E-state index in [1.165, 1.54) is 11.1 Å². The van der Waals surface area contributed by atoms with Gasteiger partial charge < -0.3 is 10.2 Å². The molecule has 1 heterocycles. The quantitative estimate of drug-likeness (QED) is 0.856. The number of fused-ring (bicyclic) bond motifs is 1. The fourth-order valence-electron chi connectivity index (χ4n) is 3.07. The predicted molar refractivity (Wildman–Crippen MR) is 71.6 cm³/mol. The summed E-state index contributed by atoms with van der Waals surface area (Å²) in [5, 5.41) is 3.09. The molecule has 4 nitrogen and oxygen atoms in total. The van der Waals surface area contributed by atoms with Crippen molar-refractivity contribution in [3.63, 3.8) is 0 Å². The third-order valence-corrected chi connectivity index (χ3v) is 4.19. The number of benzene rings is 1. The lowest BCUT2D eigenvalue weighted by Crippen LogP contribution is -2.46. The van der Waals surface area contributed by atoms with E-state index >= 15 is 0 Å². The second-order valence-corrected chi connectivity index (χ2v) is 5.44. The summed E-state index contributed by atoms with van der Waals surface area (Å²) < 4.78 is 0. The molecule has 1 aromatic rings. The minimum atomic E-state index is -0.281. The molecular weight excluding hydrogens is 240 g/mol. The molecule has 4 heteroatoms. The van der Waals surface area contributed by atoms with Crippen LogP contribution in [-0.2, 0) is 22.4 Å². The minimum Gasteiger partial charge on any atom is -0.351 e. The van der Waals surface area contributed by atoms with Gasteiger partial charge in [-0.05, 0) is 30.4 Å². The molecule has 1 fully saturated rings. The summed E-state index contributed by atoms with van der Waals surface area (Å²) in [4.78, 5) is 25.2. The maximum absolute atomic E-state index is 12.2. The topological polar surface area (TPSA) is 49.4 Å². The average Bonchev–Trinajstić information content (AvgIpc) is 2.93. The maximum Gasteiger partial charge on any atom is 0.243 e. The lowest BCUT2D eigenvalue weighted by Gasteiger charge is -2.21. The highest BCUT2D eigenvalue weighted by Gasteiger charge is 2.34. The van der Waals surface area contributed by atoms with Gasteiger partial charge in [0.1, 0.15) is 6.04 Å². The first kappa shape index (κ1) is 12.2. The fourth-order valence-corrected chi connectivity index (χ4v) is 3.07.